The van der Waals surface area contributed by atoms with Gasteiger partial charge in [0, 0.05) is 19.0 Å². The van der Waals surface area contributed by atoms with Crippen molar-refractivity contribution < 1.29 is 0 Å². The van der Waals surface area contributed by atoms with Crippen LogP contribution in [0.25, 0.3) is 0 Å². The Balaban J connectivity index is 2.91. The van der Waals surface area contributed by atoms with Crippen LogP contribution in [-0.4, -0.2) is 28.7 Å². The molecule has 0 radical (unpaired) electrons. The van der Waals surface area contributed by atoms with E-state index in [0.717, 1.165) is 12.1 Å². The van der Waals surface area contributed by atoms with Gasteiger partial charge in [0.25, 0.3) is 0 Å². The highest BCUT2D eigenvalue weighted by Crippen LogP contribution is 2.10. The highest BCUT2D eigenvalue weighted by molar-refractivity contribution is 6.60. The number of rotatable bonds is 6. The quantitative estimate of drug-likeness (QED) is 0.394. The van der Waals surface area contributed by atoms with Gasteiger partial charge in [-0.05, 0) is 12.1 Å². The summed E-state index contributed by atoms with van der Waals surface area (Å²) in [7, 11) is 0.00284. The molecular formula is C5H12Cl4Si2. The lowest BCUT2D eigenvalue weighted by molar-refractivity contribution is 1.32. The topological polar surface area (TPSA) is 0 Å². The molecule has 0 rings (SSSR count). The lowest BCUT2D eigenvalue weighted by Crippen LogP contribution is -2.03. The molecule has 0 aliphatic carbocycles. The Kier molecular flexibility index (Phi) is 9.39. The molecule has 0 N–H and O–H groups in total. The molecule has 0 aliphatic rings. The molecule has 0 aliphatic heterocycles. The molecule has 0 nitrogen and oxygen atoms in total. The Morgan fingerprint density at radius 2 is 1.18 bits per heavy atom. The average Bonchev–Trinajstić information content (AvgIpc) is 1.85. The van der Waals surface area contributed by atoms with E-state index in [1.165, 1.54) is 5.67 Å². The first-order chi connectivity index (χ1) is 5.13. The van der Waals surface area contributed by atoms with E-state index in [9.17, 15) is 0 Å². The molecule has 11 heavy (non-hydrogen) atoms. The van der Waals surface area contributed by atoms with Gasteiger partial charge in [0.1, 0.15) is 9.67 Å². The number of alkyl halides is 4. The first-order valence-electron chi connectivity index (χ1n) is 3.69. The van der Waals surface area contributed by atoms with Gasteiger partial charge in [-0.2, -0.15) is 0 Å². The predicted octanol–water partition coefficient (Wildman–Crippen LogP) is 2.14. The first kappa shape index (κ1) is 12.6. The van der Waals surface area contributed by atoms with Gasteiger partial charge in [0.15, 0.2) is 0 Å². The monoisotopic (exact) mass is 268 g/mol. The molecule has 0 bridgehead atoms. The minimum atomic E-state index is -0.140. The summed E-state index contributed by atoms with van der Waals surface area (Å²) in [6, 6.07) is 2.07. The van der Waals surface area contributed by atoms with Crippen molar-refractivity contribution in [1.29, 1.82) is 0 Å². The van der Waals surface area contributed by atoms with E-state index in [-0.39, 0.29) is 28.7 Å². The van der Waals surface area contributed by atoms with Gasteiger partial charge in [-0.15, -0.1) is 46.4 Å². The van der Waals surface area contributed by atoms with Crippen LogP contribution in [0.15, 0.2) is 0 Å². The van der Waals surface area contributed by atoms with E-state index < -0.39 is 0 Å². The third kappa shape index (κ3) is 11.6. The van der Waals surface area contributed by atoms with Gasteiger partial charge in [-0.1, -0.05) is 5.67 Å². The molecule has 68 valence electrons. The summed E-state index contributed by atoms with van der Waals surface area (Å²) in [5, 5.41) is 0. The largest absolute Gasteiger partial charge is 0.106 e. The molecule has 0 fully saturated rings. The van der Waals surface area contributed by atoms with Crippen LogP contribution in [0.4, 0.5) is 0 Å². The van der Waals surface area contributed by atoms with Crippen LogP contribution in [-0.2, 0) is 0 Å². The highest BCUT2D eigenvalue weighted by atomic mass is 35.5. The summed E-state index contributed by atoms with van der Waals surface area (Å²) < 4.78 is 0. The average molecular weight is 270 g/mol. The van der Waals surface area contributed by atoms with E-state index in [4.69, 9.17) is 46.4 Å². The molecule has 0 aromatic rings. The molecule has 0 amide bonds. The zero-order valence-corrected chi connectivity index (χ0v) is 12.1. The Hall–Kier alpha value is 1.59. The zero-order chi connectivity index (χ0) is 8.69. The van der Waals surface area contributed by atoms with Crippen LogP contribution < -0.4 is 0 Å². The molecule has 0 heterocycles. The maximum atomic E-state index is 5.58. The SMILES string of the molecule is ClC(Cl)C[SiH2]C[SiH2]CC(Cl)Cl. The lowest BCUT2D eigenvalue weighted by atomic mass is 10.9. The molecule has 6 heteroatoms. The van der Waals surface area contributed by atoms with E-state index in [2.05, 4.69) is 0 Å². The second kappa shape index (κ2) is 8.20. The molecule has 0 unspecified atom stereocenters. The summed E-state index contributed by atoms with van der Waals surface area (Å²) in [6.45, 7) is 0. The number of hydrogen-bond donors (Lipinski definition) is 0. The van der Waals surface area contributed by atoms with E-state index in [1.54, 1.807) is 0 Å². The van der Waals surface area contributed by atoms with Gasteiger partial charge in [-0.25, -0.2) is 0 Å². The summed E-state index contributed by atoms with van der Waals surface area (Å²) in [4.78, 5) is -0.281. The third-order valence-electron chi connectivity index (χ3n) is 1.34. The Morgan fingerprint density at radius 1 is 0.818 bits per heavy atom. The van der Waals surface area contributed by atoms with Crippen LogP contribution in [0.1, 0.15) is 0 Å². The maximum absolute atomic E-state index is 5.58. The minimum Gasteiger partial charge on any atom is -0.106 e. The van der Waals surface area contributed by atoms with Crippen molar-refractivity contribution in [3.63, 3.8) is 0 Å². The maximum Gasteiger partial charge on any atom is 0.105 e. The Morgan fingerprint density at radius 3 is 1.45 bits per heavy atom. The fourth-order valence-corrected chi connectivity index (χ4v) is 6.97. The molecule has 0 aromatic carbocycles. The van der Waals surface area contributed by atoms with Crippen LogP contribution in [0.5, 0.6) is 0 Å². The lowest BCUT2D eigenvalue weighted by Gasteiger charge is -2.00. The van der Waals surface area contributed by atoms with Crippen molar-refractivity contribution in [2.45, 2.75) is 27.4 Å². The van der Waals surface area contributed by atoms with Gasteiger partial charge in [0.05, 0.1) is 0 Å². The molecule has 0 saturated carbocycles. The third-order valence-corrected chi connectivity index (χ3v) is 9.65. The van der Waals surface area contributed by atoms with Crippen LogP contribution in [0, 0.1) is 0 Å². The normalized spacial score (nSPS) is 13.6. The summed E-state index contributed by atoms with van der Waals surface area (Å²) >= 11 is 22.3. The van der Waals surface area contributed by atoms with Gasteiger partial charge in [-0.3, -0.25) is 0 Å². The highest BCUT2D eigenvalue weighted by Gasteiger charge is 2.01. The summed E-state index contributed by atoms with van der Waals surface area (Å²) in [6.07, 6.45) is 0. The van der Waals surface area contributed by atoms with Crippen LogP contribution in [0.2, 0.25) is 17.8 Å². The smallest absolute Gasteiger partial charge is 0.105 e. The number of halogens is 4. The van der Waals surface area contributed by atoms with Crippen molar-refractivity contribution in [2.75, 3.05) is 0 Å². The van der Waals surface area contributed by atoms with Crippen LogP contribution in [0.3, 0.4) is 0 Å². The van der Waals surface area contributed by atoms with Crippen molar-refractivity contribution in [2.24, 2.45) is 0 Å². The van der Waals surface area contributed by atoms with E-state index >= 15 is 0 Å². The van der Waals surface area contributed by atoms with Crippen LogP contribution >= 0.6 is 46.4 Å². The van der Waals surface area contributed by atoms with Crippen molar-refractivity contribution in [1.82, 2.24) is 0 Å². The van der Waals surface area contributed by atoms with Gasteiger partial charge in [0.2, 0.25) is 0 Å². The summed E-state index contributed by atoms with van der Waals surface area (Å²) in [5.41, 5.74) is 1.38. The van der Waals surface area contributed by atoms with Crippen molar-refractivity contribution >= 4 is 65.4 Å². The van der Waals surface area contributed by atoms with Gasteiger partial charge < -0.3 is 0 Å². The first-order valence-corrected chi connectivity index (χ1v) is 9.44. The van der Waals surface area contributed by atoms with Crippen molar-refractivity contribution in [3.8, 4) is 0 Å². The zero-order valence-electron chi connectivity index (χ0n) is 6.20. The standard InChI is InChI=1S/C5H12Cl4Si2/c6-4(7)1-10-3-11-2-5(8)9/h4-5H,1-3,10-11H2. The predicted molar refractivity (Wildman–Crippen MR) is 62.5 cm³/mol. The molecular weight excluding hydrogens is 258 g/mol. The molecule has 0 spiro atoms. The fraction of sp³-hybridized carbons (Fsp3) is 1.00. The second-order valence-corrected chi connectivity index (χ2v) is 10.4. The Labute approximate surface area is 92.6 Å². The Bertz CT molecular complexity index is 78.6. The fourth-order valence-electron chi connectivity index (χ4n) is 0.774. The van der Waals surface area contributed by atoms with Gasteiger partial charge >= 0.3 is 0 Å². The minimum absolute atomic E-state index is 0.00142. The van der Waals surface area contributed by atoms with E-state index in [1.807, 2.05) is 0 Å². The molecule has 0 aromatic heterocycles. The van der Waals surface area contributed by atoms with Crippen molar-refractivity contribution in [3.05, 3.63) is 0 Å². The second-order valence-electron chi connectivity index (χ2n) is 2.42. The molecule has 0 saturated heterocycles. The number of hydrogen-bond acceptors (Lipinski definition) is 0. The molecule has 0 atom stereocenters. The van der Waals surface area contributed by atoms with E-state index in [0.29, 0.717) is 0 Å². The summed E-state index contributed by atoms with van der Waals surface area (Å²) in [5.74, 6) is 0.